The van der Waals surface area contributed by atoms with Crippen molar-refractivity contribution in [2.75, 3.05) is 26.0 Å². The van der Waals surface area contributed by atoms with Crippen LogP contribution in [0.1, 0.15) is 34.5 Å². The smallest absolute Gasteiger partial charge is 0.255 e. The quantitative estimate of drug-likeness (QED) is 0.334. The summed E-state index contributed by atoms with van der Waals surface area (Å²) < 4.78 is 20.6. The molecule has 0 atom stereocenters. The maximum atomic E-state index is 13.7. The lowest BCUT2D eigenvalue weighted by Crippen LogP contribution is -2.31. The minimum absolute atomic E-state index is 0.116. The molecule has 0 bridgehead atoms. The third-order valence-electron chi connectivity index (χ3n) is 6.57. The monoisotopic (exact) mass is 530 g/mol. The zero-order valence-corrected chi connectivity index (χ0v) is 21.2. The second-order valence-electron chi connectivity index (χ2n) is 9.04. The van der Waals surface area contributed by atoms with Gasteiger partial charge in [0.15, 0.2) is 0 Å². The minimum Gasteiger partial charge on any atom is -0.496 e. The number of ether oxygens (including phenoxy) is 1. The molecule has 0 spiro atoms. The molecule has 1 aliphatic rings. The number of aliphatic hydroxyl groups is 1. The van der Waals surface area contributed by atoms with Gasteiger partial charge in [-0.25, -0.2) is 14.4 Å². The van der Waals surface area contributed by atoms with Gasteiger partial charge in [0.25, 0.3) is 11.8 Å². The number of fused-ring (bicyclic) bond motifs is 1. The van der Waals surface area contributed by atoms with Crippen molar-refractivity contribution < 1.29 is 23.8 Å². The van der Waals surface area contributed by atoms with Gasteiger partial charge in [0.05, 0.1) is 23.9 Å². The number of nitrogens with two attached hydrogens (primary N) is 1. The van der Waals surface area contributed by atoms with E-state index in [1.54, 1.807) is 16.8 Å². The minimum atomic E-state index is -0.557. The molecule has 2 aromatic heterocycles. The Bertz CT molecular complexity index is 1580. The summed E-state index contributed by atoms with van der Waals surface area (Å²) >= 11 is 0. The molecule has 4 aromatic rings. The molecule has 0 fully saturated rings. The first-order valence-corrected chi connectivity index (χ1v) is 12.3. The summed E-state index contributed by atoms with van der Waals surface area (Å²) in [5.41, 5.74) is 10.3. The number of nitrogens with zero attached hydrogens (tertiary/aromatic N) is 4. The van der Waals surface area contributed by atoms with Crippen LogP contribution in [0.4, 0.5) is 10.3 Å². The van der Waals surface area contributed by atoms with Crippen LogP contribution in [0, 0.1) is 5.82 Å². The molecule has 11 heteroatoms. The molecule has 4 N–H and O–H groups in total. The highest BCUT2D eigenvalue weighted by Crippen LogP contribution is 2.32. The van der Waals surface area contributed by atoms with E-state index in [-0.39, 0.29) is 29.7 Å². The molecule has 10 nitrogen and oxygen atoms in total. The Morgan fingerprint density at radius 1 is 1.18 bits per heavy atom. The zero-order chi connectivity index (χ0) is 27.5. The number of allylic oxidation sites excluding steroid dienone is 1. The number of amides is 2. The van der Waals surface area contributed by atoms with Crippen molar-refractivity contribution in [3.63, 3.8) is 0 Å². The van der Waals surface area contributed by atoms with Crippen LogP contribution in [-0.2, 0) is 11.3 Å². The lowest BCUT2D eigenvalue weighted by molar-refractivity contribution is -0.131. The van der Waals surface area contributed by atoms with Crippen molar-refractivity contribution in [1.29, 1.82) is 0 Å². The van der Waals surface area contributed by atoms with Crippen molar-refractivity contribution in [3.8, 4) is 17.1 Å². The van der Waals surface area contributed by atoms with Crippen LogP contribution in [-0.4, -0.2) is 56.5 Å². The molecule has 0 radical (unpaired) electrons. The van der Waals surface area contributed by atoms with Crippen molar-refractivity contribution in [2.45, 2.75) is 19.4 Å². The predicted molar refractivity (Wildman–Crippen MR) is 143 cm³/mol. The van der Waals surface area contributed by atoms with Crippen molar-refractivity contribution in [1.82, 2.24) is 24.6 Å². The summed E-state index contributed by atoms with van der Waals surface area (Å²) in [6.07, 6.45) is 4.82. The number of anilines is 1. The largest absolute Gasteiger partial charge is 0.496 e. The molecular formula is C28H27FN6O4. The van der Waals surface area contributed by atoms with Crippen LogP contribution in [0.25, 0.3) is 22.5 Å². The number of aromatic nitrogens is 3. The predicted octanol–water partition coefficient (Wildman–Crippen LogP) is 3.01. The molecule has 2 aromatic carbocycles. The van der Waals surface area contributed by atoms with Gasteiger partial charge in [0.2, 0.25) is 5.95 Å². The van der Waals surface area contributed by atoms with Crippen LogP contribution in [0.3, 0.4) is 0 Å². The first-order valence-electron chi connectivity index (χ1n) is 12.3. The van der Waals surface area contributed by atoms with E-state index in [1.165, 1.54) is 24.1 Å². The summed E-state index contributed by atoms with van der Waals surface area (Å²) in [5, 5.41) is 12.1. The highest BCUT2D eigenvalue weighted by atomic mass is 19.1. The summed E-state index contributed by atoms with van der Waals surface area (Å²) in [4.78, 5) is 35.3. The number of nitrogens with one attached hydrogen (secondary N) is 1. The molecule has 0 aliphatic carbocycles. The number of nitrogen functional groups attached to an aromatic ring is 1. The third-order valence-corrected chi connectivity index (χ3v) is 6.57. The second kappa shape index (κ2) is 10.9. The van der Waals surface area contributed by atoms with Gasteiger partial charge in [-0.2, -0.15) is 0 Å². The summed E-state index contributed by atoms with van der Waals surface area (Å²) in [7, 11) is 1.42. The van der Waals surface area contributed by atoms with Gasteiger partial charge in [-0.3, -0.25) is 14.0 Å². The van der Waals surface area contributed by atoms with Gasteiger partial charge in [-0.05, 0) is 48.2 Å². The van der Waals surface area contributed by atoms with E-state index in [4.69, 9.17) is 15.5 Å². The molecular weight excluding hydrogens is 503 g/mol. The van der Waals surface area contributed by atoms with Crippen molar-refractivity contribution in [2.24, 2.45) is 0 Å². The Morgan fingerprint density at radius 2 is 1.97 bits per heavy atom. The molecule has 3 heterocycles. The van der Waals surface area contributed by atoms with Crippen LogP contribution in [0.15, 0.2) is 60.9 Å². The van der Waals surface area contributed by atoms with Crippen LogP contribution < -0.4 is 15.8 Å². The van der Waals surface area contributed by atoms with E-state index >= 15 is 0 Å². The standard InChI is InChI=1S/C28H27FN6O4/c1-39-23-9-8-20(29)13-21(23)27(38)32-14-17-4-6-18(7-5-17)26-33-25(22-10-11-31-28(30)35(22)26)19-3-2-12-34(15-19)24(37)16-36/h4-11,13,15,36H,2-3,12,14,16H2,1H3,(H2,30,31)(H,32,38). The normalized spacial score (nSPS) is 13.3. The number of rotatable bonds is 7. The maximum absolute atomic E-state index is 13.7. The summed E-state index contributed by atoms with van der Waals surface area (Å²) in [6.45, 7) is 0.200. The van der Waals surface area contributed by atoms with E-state index < -0.39 is 18.3 Å². The molecule has 5 rings (SSSR count). The number of carbonyl (C=O) groups is 2. The van der Waals surface area contributed by atoms with Crippen molar-refractivity contribution in [3.05, 3.63) is 83.6 Å². The van der Waals surface area contributed by atoms with E-state index in [9.17, 15) is 19.1 Å². The Morgan fingerprint density at radius 3 is 2.72 bits per heavy atom. The Kier molecular flexibility index (Phi) is 7.24. The Labute approximate surface area is 223 Å². The fourth-order valence-electron chi connectivity index (χ4n) is 4.62. The van der Waals surface area contributed by atoms with E-state index in [2.05, 4.69) is 10.3 Å². The zero-order valence-electron chi connectivity index (χ0n) is 21.2. The van der Waals surface area contributed by atoms with Gasteiger partial charge in [-0.1, -0.05) is 24.3 Å². The molecule has 2 amide bonds. The number of benzene rings is 2. The van der Waals surface area contributed by atoms with E-state index in [1.807, 2.05) is 30.3 Å². The topological polar surface area (TPSA) is 135 Å². The number of carbonyl (C=O) groups excluding carboxylic acids is 2. The number of hydrogen-bond acceptors (Lipinski definition) is 7. The Balaban J connectivity index is 1.41. The molecule has 0 saturated heterocycles. The van der Waals surface area contributed by atoms with Crippen LogP contribution in [0.5, 0.6) is 5.75 Å². The molecule has 0 unspecified atom stereocenters. The number of methoxy groups -OCH3 is 1. The Hall–Kier alpha value is -4.77. The number of halogens is 1. The van der Waals surface area contributed by atoms with Gasteiger partial charge in [-0.15, -0.1) is 0 Å². The van der Waals surface area contributed by atoms with Gasteiger partial charge in [0, 0.05) is 31.0 Å². The maximum Gasteiger partial charge on any atom is 0.255 e. The molecule has 39 heavy (non-hydrogen) atoms. The fourth-order valence-corrected chi connectivity index (χ4v) is 4.62. The molecule has 200 valence electrons. The first-order chi connectivity index (χ1) is 18.9. The lowest BCUT2D eigenvalue weighted by Gasteiger charge is -2.23. The summed E-state index contributed by atoms with van der Waals surface area (Å²) in [6, 6.07) is 13.0. The van der Waals surface area contributed by atoms with Crippen molar-refractivity contribution >= 4 is 28.9 Å². The SMILES string of the molecule is COc1ccc(F)cc1C(=O)NCc1ccc(-c2nc(C3=CN(C(=O)CO)CCC3)c3ccnc(N)n23)cc1. The average Bonchev–Trinajstić information content (AvgIpc) is 3.37. The van der Waals surface area contributed by atoms with E-state index in [0.29, 0.717) is 18.1 Å². The fraction of sp³-hybridized carbons (Fsp3) is 0.214. The van der Waals surface area contributed by atoms with Crippen LogP contribution in [0.2, 0.25) is 0 Å². The van der Waals surface area contributed by atoms with E-state index in [0.717, 1.165) is 41.1 Å². The number of aliphatic hydroxyl groups excluding tert-OH is 1. The lowest BCUT2D eigenvalue weighted by atomic mass is 10.0. The molecule has 0 saturated carbocycles. The second-order valence-corrected chi connectivity index (χ2v) is 9.04. The summed E-state index contributed by atoms with van der Waals surface area (Å²) in [5.74, 6) is -0.210. The molecule has 1 aliphatic heterocycles. The number of imidazole rings is 1. The van der Waals surface area contributed by atoms with Gasteiger partial charge < -0.3 is 25.8 Å². The van der Waals surface area contributed by atoms with Gasteiger partial charge in [0.1, 0.15) is 24.0 Å². The first kappa shape index (κ1) is 25.9. The highest BCUT2D eigenvalue weighted by molar-refractivity contribution is 5.97. The number of hydrogen-bond donors (Lipinski definition) is 3. The average molecular weight is 531 g/mol. The third kappa shape index (κ3) is 5.16. The van der Waals surface area contributed by atoms with Crippen LogP contribution >= 0.6 is 0 Å². The highest BCUT2D eigenvalue weighted by Gasteiger charge is 2.23. The van der Waals surface area contributed by atoms with Gasteiger partial charge >= 0.3 is 0 Å².